The minimum absolute atomic E-state index is 0.239. The van der Waals surface area contributed by atoms with Crippen molar-refractivity contribution in [3.05, 3.63) is 52.6 Å². The summed E-state index contributed by atoms with van der Waals surface area (Å²) in [6.07, 6.45) is 1.48. The predicted octanol–water partition coefficient (Wildman–Crippen LogP) is 2.18. The van der Waals surface area contributed by atoms with Crippen LogP contribution < -0.4 is 11.3 Å². The first-order valence-electron chi connectivity index (χ1n) is 6.79. The topological polar surface area (TPSA) is 55.9 Å². The van der Waals surface area contributed by atoms with Gasteiger partial charge in [-0.1, -0.05) is 24.6 Å². The van der Waals surface area contributed by atoms with Gasteiger partial charge in [0.1, 0.15) is 5.82 Å². The van der Waals surface area contributed by atoms with Gasteiger partial charge in [-0.2, -0.15) is 5.10 Å². The molecule has 4 nitrogen and oxygen atoms in total. The Bertz CT molecular complexity index is 592. The molecule has 1 aromatic heterocycles. The van der Waals surface area contributed by atoms with Crippen molar-refractivity contribution in [1.29, 1.82) is 0 Å². The normalized spacial score (nSPS) is 12.7. The fourth-order valence-electron chi connectivity index (χ4n) is 2.33. The van der Waals surface area contributed by atoms with E-state index >= 15 is 0 Å². The van der Waals surface area contributed by atoms with Crippen LogP contribution in [0.2, 0.25) is 0 Å². The number of nitrogens with one attached hydrogen (secondary N) is 1. The number of benzene rings is 1. The van der Waals surface area contributed by atoms with Crippen LogP contribution in [0.3, 0.4) is 0 Å². The molecule has 1 unspecified atom stereocenters. The van der Waals surface area contributed by atoms with E-state index < -0.39 is 0 Å². The van der Waals surface area contributed by atoms with Crippen LogP contribution in [-0.4, -0.2) is 9.78 Å². The van der Waals surface area contributed by atoms with Crippen LogP contribution in [0.1, 0.15) is 35.5 Å². The Morgan fingerprint density at radius 3 is 2.75 bits per heavy atom. The minimum atomic E-state index is -0.269. The second kappa shape index (κ2) is 6.15. The van der Waals surface area contributed by atoms with Crippen molar-refractivity contribution in [2.24, 2.45) is 12.9 Å². The van der Waals surface area contributed by atoms with Crippen molar-refractivity contribution in [2.45, 2.75) is 32.7 Å². The van der Waals surface area contributed by atoms with Crippen molar-refractivity contribution in [2.75, 3.05) is 0 Å². The van der Waals surface area contributed by atoms with Gasteiger partial charge in [0.05, 0.1) is 11.7 Å². The van der Waals surface area contributed by atoms with Crippen LogP contribution in [0.25, 0.3) is 0 Å². The molecule has 3 N–H and O–H groups in total. The highest BCUT2D eigenvalue weighted by atomic mass is 19.1. The molecule has 0 spiro atoms. The van der Waals surface area contributed by atoms with Crippen LogP contribution in [0.15, 0.2) is 24.3 Å². The highest BCUT2D eigenvalue weighted by molar-refractivity contribution is 5.28. The summed E-state index contributed by atoms with van der Waals surface area (Å²) in [5, 5.41) is 4.40. The van der Waals surface area contributed by atoms with Crippen LogP contribution in [0, 0.1) is 12.7 Å². The van der Waals surface area contributed by atoms with Gasteiger partial charge in [0.15, 0.2) is 0 Å². The lowest BCUT2D eigenvalue weighted by Gasteiger charge is -2.17. The van der Waals surface area contributed by atoms with Gasteiger partial charge in [0, 0.05) is 24.7 Å². The number of rotatable bonds is 5. The molecule has 0 saturated heterocycles. The van der Waals surface area contributed by atoms with Gasteiger partial charge in [-0.25, -0.2) is 4.39 Å². The van der Waals surface area contributed by atoms with Gasteiger partial charge in [0.2, 0.25) is 0 Å². The number of nitrogens with zero attached hydrogens (tertiary/aromatic N) is 2. The Labute approximate surface area is 118 Å². The Morgan fingerprint density at radius 2 is 2.15 bits per heavy atom. The summed E-state index contributed by atoms with van der Waals surface area (Å²) in [4.78, 5) is 0. The molecular weight excluding hydrogens is 255 g/mol. The number of hydrogen-bond acceptors (Lipinski definition) is 3. The first kappa shape index (κ1) is 14.7. The van der Waals surface area contributed by atoms with Gasteiger partial charge in [-0.05, 0) is 25.5 Å². The van der Waals surface area contributed by atoms with Gasteiger partial charge in [-0.3, -0.25) is 16.0 Å². The molecule has 0 aliphatic heterocycles. The number of halogens is 1. The third-order valence-electron chi connectivity index (χ3n) is 3.53. The molecule has 0 amide bonds. The van der Waals surface area contributed by atoms with E-state index in [1.807, 2.05) is 30.8 Å². The smallest absolute Gasteiger partial charge is 0.128 e. The van der Waals surface area contributed by atoms with Crippen molar-refractivity contribution >= 4 is 0 Å². The van der Waals surface area contributed by atoms with E-state index in [9.17, 15) is 4.39 Å². The molecule has 108 valence electrons. The van der Waals surface area contributed by atoms with Crippen molar-refractivity contribution in [3.63, 3.8) is 0 Å². The van der Waals surface area contributed by atoms with Gasteiger partial charge in [-0.15, -0.1) is 0 Å². The van der Waals surface area contributed by atoms with E-state index in [0.29, 0.717) is 12.0 Å². The molecule has 1 aromatic carbocycles. The average molecular weight is 276 g/mol. The third-order valence-corrected chi connectivity index (χ3v) is 3.53. The van der Waals surface area contributed by atoms with E-state index in [4.69, 9.17) is 5.84 Å². The highest BCUT2D eigenvalue weighted by Gasteiger charge is 2.17. The molecule has 1 heterocycles. The van der Waals surface area contributed by atoms with Gasteiger partial charge >= 0.3 is 0 Å². The van der Waals surface area contributed by atoms with Crippen molar-refractivity contribution in [3.8, 4) is 0 Å². The maximum atomic E-state index is 14.0. The van der Waals surface area contributed by atoms with Crippen LogP contribution in [0.5, 0.6) is 0 Å². The fourth-order valence-corrected chi connectivity index (χ4v) is 2.33. The van der Waals surface area contributed by atoms with Crippen molar-refractivity contribution in [1.82, 2.24) is 15.2 Å². The zero-order valence-corrected chi connectivity index (χ0v) is 12.2. The SMILES string of the molecule is CCc1cc(CC(NN)c2cc(C)ccc2F)n(C)n1. The number of aromatic nitrogens is 2. The molecule has 0 aliphatic carbocycles. The van der Waals surface area contributed by atoms with Crippen LogP contribution in [0.4, 0.5) is 4.39 Å². The van der Waals surface area contributed by atoms with E-state index in [1.165, 1.54) is 6.07 Å². The molecular formula is C15H21FN4. The molecule has 0 bridgehead atoms. The van der Waals surface area contributed by atoms with Crippen molar-refractivity contribution < 1.29 is 4.39 Å². The molecule has 5 heteroatoms. The zero-order chi connectivity index (χ0) is 14.7. The summed E-state index contributed by atoms with van der Waals surface area (Å²) in [5.74, 6) is 5.38. The monoisotopic (exact) mass is 276 g/mol. The average Bonchev–Trinajstić information content (AvgIpc) is 2.79. The Hall–Kier alpha value is -1.72. The number of hydrazine groups is 1. The Morgan fingerprint density at radius 1 is 1.40 bits per heavy atom. The second-order valence-electron chi connectivity index (χ2n) is 5.05. The van der Waals surface area contributed by atoms with E-state index in [-0.39, 0.29) is 11.9 Å². The summed E-state index contributed by atoms with van der Waals surface area (Å²) in [5.41, 5.74) is 6.38. The first-order chi connectivity index (χ1) is 9.55. The fraction of sp³-hybridized carbons (Fsp3) is 0.400. The third kappa shape index (κ3) is 3.05. The molecule has 0 aliphatic rings. The predicted molar refractivity (Wildman–Crippen MR) is 77.5 cm³/mol. The standard InChI is InChI=1S/C15H21FN4/c1-4-11-8-12(20(3)19-11)9-15(18-17)13-7-10(2)5-6-14(13)16/h5-8,15,18H,4,9,17H2,1-3H3. The molecule has 20 heavy (non-hydrogen) atoms. The number of aryl methyl sites for hydroxylation is 3. The first-order valence-corrected chi connectivity index (χ1v) is 6.79. The lowest BCUT2D eigenvalue weighted by Crippen LogP contribution is -2.30. The quantitative estimate of drug-likeness (QED) is 0.650. The maximum Gasteiger partial charge on any atom is 0.128 e. The van der Waals surface area contributed by atoms with Gasteiger partial charge in [0.25, 0.3) is 0 Å². The van der Waals surface area contributed by atoms with E-state index in [1.54, 1.807) is 6.07 Å². The molecule has 0 radical (unpaired) electrons. The molecule has 2 aromatic rings. The summed E-state index contributed by atoms with van der Waals surface area (Å²) < 4.78 is 15.8. The summed E-state index contributed by atoms with van der Waals surface area (Å²) in [7, 11) is 1.90. The Balaban J connectivity index is 2.28. The zero-order valence-electron chi connectivity index (χ0n) is 12.2. The summed E-state index contributed by atoms with van der Waals surface area (Å²) in [6, 6.07) is 6.84. The summed E-state index contributed by atoms with van der Waals surface area (Å²) >= 11 is 0. The molecule has 0 saturated carbocycles. The lowest BCUT2D eigenvalue weighted by molar-refractivity contribution is 0.497. The van der Waals surface area contributed by atoms with Crippen LogP contribution >= 0.6 is 0 Å². The van der Waals surface area contributed by atoms with Gasteiger partial charge < -0.3 is 0 Å². The lowest BCUT2D eigenvalue weighted by atomic mass is 10.00. The van der Waals surface area contributed by atoms with E-state index in [2.05, 4.69) is 17.4 Å². The minimum Gasteiger partial charge on any atom is -0.272 e. The maximum absolute atomic E-state index is 14.0. The second-order valence-corrected chi connectivity index (χ2v) is 5.05. The molecule has 2 rings (SSSR count). The Kier molecular flexibility index (Phi) is 4.52. The molecule has 0 fully saturated rings. The largest absolute Gasteiger partial charge is 0.272 e. The number of hydrogen-bond donors (Lipinski definition) is 2. The summed E-state index contributed by atoms with van der Waals surface area (Å²) in [6.45, 7) is 4.00. The molecule has 1 atom stereocenters. The number of nitrogens with two attached hydrogens (primary N) is 1. The van der Waals surface area contributed by atoms with E-state index in [0.717, 1.165) is 23.4 Å². The van der Waals surface area contributed by atoms with Crippen LogP contribution in [-0.2, 0) is 19.9 Å². The highest BCUT2D eigenvalue weighted by Crippen LogP contribution is 2.22.